The molecule has 15 heavy (non-hydrogen) atoms. The lowest BCUT2D eigenvalue weighted by atomic mass is 10.6. The van der Waals surface area contributed by atoms with Gasteiger partial charge in [-0.25, -0.2) is 0 Å². The molecular weight excluding hydrogens is 260 g/mol. The average Bonchev–Trinajstić information content (AvgIpc) is 2.26. The van der Waals surface area contributed by atoms with Crippen molar-refractivity contribution in [1.29, 1.82) is 0 Å². The molecule has 0 heterocycles. The highest BCUT2D eigenvalue weighted by Gasteiger charge is 1.92. The second kappa shape index (κ2) is 15.4. The van der Waals surface area contributed by atoms with Crippen LogP contribution in [0.1, 0.15) is 20.3 Å². The van der Waals surface area contributed by atoms with Crippen LogP contribution in [0.25, 0.3) is 0 Å². The van der Waals surface area contributed by atoms with Crippen LogP contribution in [0.3, 0.4) is 0 Å². The van der Waals surface area contributed by atoms with Crippen molar-refractivity contribution in [1.82, 2.24) is 0 Å². The molecule has 0 aromatic rings. The Labute approximate surface area is 113 Å². The van der Waals surface area contributed by atoms with Crippen LogP contribution >= 0.6 is 47.0 Å². The standard InChI is InChI=1S/C11H24S4/c1-3-12-8-10-14-6-5-7-15-11-9-13-4-2/h3-11H2,1-2H3. The van der Waals surface area contributed by atoms with Crippen molar-refractivity contribution in [2.24, 2.45) is 0 Å². The summed E-state index contributed by atoms with van der Waals surface area (Å²) in [5, 5.41) is 0. The lowest BCUT2D eigenvalue weighted by Crippen LogP contribution is -1.91. The van der Waals surface area contributed by atoms with E-state index in [9.17, 15) is 0 Å². The highest BCUT2D eigenvalue weighted by molar-refractivity contribution is 8.03. The first-order valence-corrected chi connectivity index (χ1v) is 10.3. The molecular formula is C11H24S4. The predicted octanol–water partition coefficient (Wildman–Crippen LogP) is 4.35. The molecule has 0 saturated heterocycles. The van der Waals surface area contributed by atoms with Crippen molar-refractivity contribution in [3.63, 3.8) is 0 Å². The van der Waals surface area contributed by atoms with E-state index in [0.717, 1.165) is 0 Å². The van der Waals surface area contributed by atoms with Crippen molar-refractivity contribution < 1.29 is 0 Å². The minimum absolute atomic E-state index is 1.27. The molecule has 0 atom stereocenters. The van der Waals surface area contributed by atoms with Crippen LogP contribution in [0.2, 0.25) is 0 Å². The zero-order valence-corrected chi connectivity index (χ0v) is 13.3. The van der Waals surface area contributed by atoms with Crippen molar-refractivity contribution in [2.75, 3.05) is 46.0 Å². The summed E-state index contributed by atoms with van der Waals surface area (Å²) >= 11 is 8.36. The zero-order valence-electron chi connectivity index (χ0n) is 10.00. The molecule has 0 rings (SSSR count). The summed E-state index contributed by atoms with van der Waals surface area (Å²) < 4.78 is 0. The Morgan fingerprint density at radius 1 is 0.533 bits per heavy atom. The first kappa shape index (κ1) is 16.4. The van der Waals surface area contributed by atoms with Gasteiger partial charge in [-0.3, -0.25) is 0 Å². The van der Waals surface area contributed by atoms with Crippen LogP contribution in [0.5, 0.6) is 0 Å². The maximum atomic E-state index is 2.24. The molecule has 0 unspecified atom stereocenters. The maximum absolute atomic E-state index is 2.24. The summed E-state index contributed by atoms with van der Waals surface area (Å²) in [6, 6.07) is 0. The van der Waals surface area contributed by atoms with E-state index < -0.39 is 0 Å². The molecule has 92 valence electrons. The van der Waals surface area contributed by atoms with Gasteiger partial charge in [-0.15, -0.1) is 0 Å². The van der Waals surface area contributed by atoms with Crippen molar-refractivity contribution in [3.8, 4) is 0 Å². The summed E-state index contributed by atoms with van der Waals surface area (Å²) in [7, 11) is 0. The fourth-order valence-electron chi connectivity index (χ4n) is 0.992. The molecule has 0 amide bonds. The molecule has 0 aliphatic rings. The van der Waals surface area contributed by atoms with Crippen molar-refractivity contribution in [2.45, 2.75) is 20.3 Å². The normalized spacial score (nSPS) is 10.8. The van der Waals surface area contributed by atoms with Gasteiger partial charge < -0.3 is 0 Å². The molecule has 0 spiro atoms. The van der Waals surface area contributed by atoms with Gasteiger partial charge in [-0.1, -0.05) is 13.8 Å². The van der Waals surface area contributed by atoms with Crippen LogP contribution in [-0.4, -0.2) is 46.0 Å². The minimum atomic E-state index is 1.27. The Morgan fingerprint density at radius 2 is 0.933 bits per heavy atom. The van der Waals surface area contributed by atoms with E-state index in [2.05, 4.69) is 60.9 Å². The Balaban J connectivity index is 2.81. The van der Waals surface area contributed by atoms with Crippen LogP contribution < -0.4 is 0 Å². The largest absolute Gasteiger partial charge is 0.161 e. The SMILES string of the molecule is CCSCCSCCCSCCSCC. The van der Waals surface area contributed by atoms with E-state index in [1.807, 2.05) is 0 Å². The number of thioether (sulfide) groups is 4. The molecule has 0 nitrogen and oxygen atoms in total. The van der Waals surface area contributed by atoms with Gasteiger partial charge in [0.2, 0.25) is 0 Å². The summed E-state index contributed by atoms with van der Waals surface area (Å²) in [5.74, 6) is 10.6. The molecule has 0 aliphatic heterocycles. The van der Waals surface area contributed by atoms with Crippen LogP contribution in [0.4, 0.5) is 0 Å². The fraction of sp³-hybridized carbons (Fsp3) is 1.00. The smallest absolute Gasteiger partial charge is 0.00235 e. The molecule has 0 bridgehead atoms. The predicted molar refractivity (Wildman–Crippen MR) is 85.3 cm³/mol. The van der Waals surface area contributed by atoms with Crippen molar-refractivity contribution >= 4 is 47.0 Å². The fourth-order valence-corrected chi connectivity index (χ4v) is 4.74. The number of hydrogen-bond donors (Lipinski definition) is 0. The van der Waals surface area contributed by atoms with E-state index in [0.29, 0.717) is 0 Å². The van der Waals surface area contributed by atoms with E-state index >= 15 is 0 Å². The lowest BCUT2D eigenvalue weighted by Gasteiger charge is -2.02. The zero-order chi connectivity index (χ0) is 11.2. The highest BCUT2D eigenvalue weighted by Crippen LogP contribution is 2.11. The number of hydrogen-bond acceptors (Lipinski definition) is 4. The van der Waals surface area contributed by atoms with Gasteiger partial charge >= 0.3 is 0 Å². The molecule has 0 N–H and O–H groups in total. The molecule has 0 aromatic carbocycles. The Morgan fingerprint density at radius 3 is 1.33 bits per heavy atom. The summed E-state index contributed by atoms with van der Waals surface area (Å²) in [4.78, 5) is 0. The molecule has 0 aromatic heterocycles. The lowest BCUT2D eigenvalue weighted by molar-refractivity contribution is 1.12. The Bertz CT molecular complexity index is 96.8. The number of rotatable bonds is 12. The third kappa shape index (κ3) is 15.4. The van der Waals surface area contributed by atoms with E-state index in [4.69, 9.17) is 0 Å². The first-order chi connectivity index (χ1) is 7.41. The van der Waals surface area contributed by atoms with Crippen molar-refractivity contribution in [3.05, 3.63) is 0 Å². The van der Waals surface area contributed by atoms with E-state index in [-0.39, 0.29) is 0 Å². The Kier molecular flexibility index (Phi) is 16.8. The van der Waals surface area contributed by atoms with Crippen LogP contribution in [-0.2, 0) is 0 Å². The topological polar surface area (TPSA) is 0 Å². The van der Waals surface area contributed by atoms with Gasteiger partial charge in [-0.2, -0.15) is 47.0 Å². The van der Waals surface area contributed by atoms with Gasteiger partial charge in [0.15, 0.2) is 0 Å². The summed E-state index contributed by atoms with van der Waals surface area (Å²) in [6.07, 6.45) is 1.39. The van der Waals surface area contributed by atoms with Crippen LogP contribution in [0, 0.1) is 0 Å². The Hall–Kier alpha value is 1.40. The first-order valence-electron chi connectivity index (χ1n) is 5.72. The van der Waals surface area contributed by atoms with E-state index in [1.54, 1.807) is 0 Å². The molecule has 4 heteroatoms. The second-order valence-electron chi connectivity index (χ2n) is 2.97. The maximum Gasteiger partial charge on any atom is 0.00235 e. The summed E-state index contributed by atoms with van der Waals surface area (Å²) in [6.45, 7) is 4.47. The minimum Gasteiger partial charge on any atom is -0.161 e. The molecule has 0 fully saturated rings. The van der Waals surface area contributed by atoms with Crippen LogP contribution in [0.15, 0.2) is 0 Å². The second-order valence-corrected chi connectivity index (χ2v) is 8.21. The third-order valence-corrected chi connectivity index (χ3v) is 6.19. The average molecular weight is 285 g/mol. The van der Waals surface area contributed by atoms with Gasteiger partial charge in [-0.05, 0) is 29.4 Å². The highest BCUT2D eigenvalue weighted by atomic mass is 32.2. The monoisotopic (exact) mass is 284 g/mol. The van der Waals surface area contributed by atoms with Gasteiger partial charge in [0.05, 0.1) is 0 Å². The van der Waals surface area contributed by atoms with Gasteiger partial charge in [0.1, 0.15) is 0 Å². The van der Waals surface area contributed by atoms with Gasteiger partial charge in [0.25, 0.3) is 0 Å². The quantitative estimate of drug-likeness (QED) is 0.488. The molecule has 0 aliphatic carbocycles. The summed E-state index contributed by atoms with van der Waals surface area (Å²) in [5.41, 5.74) is 0. The third-order valence-electron chi connectivity index (χ3n) is 1.73. The van der Waals surface area contributed by atoms with Gasteiger partial charge in [0, 0.05) is 23.0 Å². The van der Waals surface area contributed by atoms with E-state index in [1.165, 1.54) is 52.4 Å². The molecule has 0 radical (unpaired) electrons. The molecule has 0 saturated carbocycles.